The van der Waals surface area contributed by atoms with Crippen molar-refractivity contribution in [1.82, 2.24) is 14.5 Å². The van der Waals surface area contributed by atoms with Gasteiger partial charge in [-0.15, -0.1) is 0 Å². The molecular weight excluding hydrogens is 270 g/mol. The van der Waals surface area contributed by atoms with Crippen LogP contribution in [0.25, 0.3) is 0 Å². The van der Waals surface area contributed by atoms with Gasteiger partial charge in [-0.05, 0) is 26.7 Å². The van der Waals surface area contributed by atoms with Gasteiger partial charge in [0, 0.05) is 12.1 Å². The van der Waals surface area contributed by atoms with Crippen LogP contribution in [0.3, 0.4) is 0 Å². The number of hydrogen-bond acceptors (Lipinski definition) is 4. The summed E-state index contributed by atoms with van der Waals surface area (Å²) in [7, 11) is -3.86. The largest absolute Gasteiger partial charge is 0.478 e. The third-order valence-corrected chi connectivity index (χ3v) is 5.58. The van der Waals surface area contributed by atoms with Crippen LogP contribution < -0.4 is 0 Å². The summed E-state index contributed by atoms with van der Waals surface area (Å²) >= 11 is 0. The summed E-state index contributed by atoms with van der Waals surface area (Å²) in [5.74, 6) is -1.30. The Hall–Kier alpha value is -1.41. The van der Waals surface area contributed by atoms with E-state index in [2.05, 4.69) is 10.2 Å². The number of aromatic nitrogens is 2. The van der Waals surface area contributed by atoms with Crippen LogP contribution in [0.4, 0.5) is 0 Å². The molecule has 7 nitrogen and oxygen atoms in total. The van der Waals surface area contributed by atoms with E-state index < -0.39 is 16.0 Å². The molecule has 0 amide bonds. The highest BCUT2D eigenvalue weighted by molar-refractivity contribution is 7.89. The lowest BCUT2D eigenvalue weighted by atomic mass is 10.0. The normalized spacial score (nSPS) is 25.4. The maximum absolute atomic E-state index is 12.6. The number of sulfonamides is 1. The molecule has 0 saturated carbocycles. The van der Waals surface area contributed by atoms with Crippen molar-refractivity contribution >= 4 is 16.0 Å². The number of carbonyl (C=O) groups is 1. The number of carboxylic acid groups (broad SMARTS) is 1. The molecule has 8 heteroatoms. The number of rotatable bonds is 3. The zero-order valence-electron chi connectivity index (χ0n) is 10.8. The zero-order valence-corrected chi connectivity index (χ0v) is 11.6. The van der Waals surface area contributed by atoms with Crippen LogP contribution in [0, 0.1) is 0 Å². The van der Waals surface area contributed by atoms with E-state index in [0.29, 0.717) is 0 Å². The van der Waals surface area contributed by atoms with Gasteiger partial charge >= 0.3 is 5.97 Å². The van der Waals surface area contributed by atoms with Gasteiger partial charge in [0.25, 0.3) is 10.0 Å². The van der Waals surface area contributed by atoms with E-state index in [1.165, 1.54) is 4.31 Å². The summed E-state index contributed by atoms with van der Waals surface area (Å²) in [6.45, 7) is 3.67. The SMILES string of the molecule is CC1CCCC(C)N1S(=O)(=O)c1[nH]ncc1C(=O)O. The molecule has 2 rings (SSSR count). The van der Waals surface area contributed by atoms with Crippen LogP contribution >= 0.6 is 0 Å². The maximum Gasteiger partial charge on any atom is 0.340 e. The van der Waals surface area contributed by atoms with Gasteiger partial charge in [0.05, 0.1) is 6.20 Å². The Bertz CT molecular complexity index is 571. The highest BCUT2D eigenvalue weighted by Gasteiger charge is 2.38. The van der Waals surface area contributed by atoms with Crippen LogP contribution in [-0.4, -0.2) is 46.1 Å². The molecule has 2 atom stereocenters. The quantitative estimate of drug-likeness (QED) is 0.865. The molecule has 0 radical (unpaired) electrons. The molecule has 2 heterocycles. The second-order valence-corrected chi connectivity index (χ2v) is 6.66. The predicted octanol–water partition coefficient (Wildman–Crippen LogP) is 1.06. The fraction of sp³-hybridized carbons (Fsp3) is 0.636. The van der Waals surface area contributed by atoms with Crippen molar-refractivity contribution in [2.24, 2.45) is 0 Å². The molecule has 1 aromatic heterocycles. The van der Waals surface area contributed by atoms with Gasteiger partial charge in [-0.2, -0.15) is 9.40 Å². The summed E-state index contributed by atoms with van der Waals surface area (Å²) in [6, 6.07) is -0.280. The molecule has 1 fully saturated rings. The number of hydrogen-bond donors (Lipinski definition) is 2. The number of carboxylic acids is 1. The lowest BCUT2D eigenvalue weighted by Gasteiger charge is -2.37. The van der Waals surface area contributed by atoms with E-state index in [1.54, 1.807) is 0 Å². The molecule has 0 aliphatic carbocycles. The third-order valence-electron chi connectivity index (χ3n) is 3.48. The van der Waals surface area contributed by atoms with E-state index in [4.69, 9.17) is 5.11 Å². The first-order chi connectivity index (χ1) is 8.85. The second-order valence-electron chi connectivity index (χ2n) is 4.88. The molecule has 1 aliphatic rings. The number of aromatic amines is 1. The topological polar surface area (TPSA) is 103 Å². The standard InChI is InChI=1S/C11H17N3O4S/c1-7-4-3-5-8(2)14(7)19(17,18)10-9(11(15)16)6-12-13-10/h6-8H,3-5H2,1-2H3,(H,12,13)(H,15,16). The van der Waals surface area contributed by atoms with Crippen molar-refractivity contribution in [2.45, 2.75) is 50.2 Å². The second kappa shape index (κ2) is 4.93. The van der Waals surface area contributed by atoms with Crippen molar-refractivity contribution in [3.05, 3.63) is 11.8 Å². The van der Waals surface area contributed by atoms with Gasteiger partial charge in [0.2, 0.25) is 0 Å². The van der Waals surface area contributed by atoms with Gasteiger partial charge in [0.1, 0.15) is 5.56 Å². The number of aromatic carboxylic acids is 1. The molecule has 1 aromatic rings. The average molecular weight is 287 g/mol. The Balaban J connectivity index is 2.47. The fourth-order valence-electron chi connectivity index (χ4n) is 2.60. The van der Waals surface area contributed by atoms with Gasteiger partial charge < -0.3 is 5.11 Å². The molecule has 0 bridgehead atoms. The first-order valence-electron chi connectivity index (χ1n) is 6.16. The lowest BCUT2D eigenvalue weighted by Crippen LogP contribution is -2.47. The number of nitrogens with one attached hydrogen (secondary N) is 1. The Labute approximate surface area is 111 Å². The maximum atomic E-state index is 12.6. The van der Waals surface area contributed by atoms with Gasteiger partial charge in [0.15, 0.2) is 5.03 Å². The van der Waals surface area contributed by atoms with Crippen molar-refractivity contribution < 1.29 is 18.3 Å². The average Bonchev–Trinajstić information content (AvgIpc) is 2.77. The van der Waals surface area contributed by atoms with Crippen LogP contribution in [0.2, 0.25) is 0 Å². The Morgan fingerprint density at radius 2 is 2.00 bits per heavy atom. The van der Waals surface area contributed by atoms with Crippen molar-refractivity contribution in [2.75, 3.05) is 0 Å². The van der Waals surface area contributed by atoms with Crippen LogP contribution in [0.5, 0.6) is 0 Å². The molecule has 0 spiro atoms. The molecular formula is C11H17N3O4S. The predicted molar refractivity (Wildman–Crippen MR) is 67.3 cm³/mol. The smallest absolute Gasteiger partial charge is 0.340 e. The van der Waals surface area contributed by atoms with E-state index in [9.17, 15) is 13.2 Å². The molecule has 2 N–H and O–H groups in total. The summed E-state index contributed by atoms with van der Waals surface area (Å²) < 4.78 is 26.6. The Morgan fingerprint density at radius 3 is 2.53 bits per heavy atom. The molecule has 19 heavy (non-hydrogen) atoms. The van der Waals surface area contributed by atoms with Crippen LogP contribution in [0.15, 0.2) is 11.2 Å². The van der Waals surface area contributed by atoms with Crippen molar-refractivity contribution in [3.8, 4) is 0 Å². The first-order valence-corrected chi connectivity index (χ1v) is 7.60. The summed E-state index contributed by atoms with van der Waals surface area (Å²) in [5, 5.41) is 14.5. The fourth-order valence-corrected chi connectivity index (χ4v) is 4.56. The Kier molecular flexibility index (Phi) is 3.64. The van der Waals surface area contributed by atoms with Gasteiger partial charge in [-0.3, -0.25) is 5.10 Å². The van der Waals surface area contributed by atoms with Gasteiger partial charge in [-0.1, -0.05) is 6.42 Å². The summed E-state index contributed by atoms with van der Waals surface area (Å²) in [4.78, 5) is 11.0. The van der Waals surface area contributed by atoms with Crippen LogP contribution in [0.1, 0.15) is 43.5 Å². The molecule has 1 saturated heterocycles. The monoisotopic (exact) mass is 287 g/mol. The van der Waals surface area contributed by atoms with Crippen molar-refractivity contribution in [3.63, 3.8) is 0 Å². The first kappa shape index (κ1) is 14.0. The summed E-state index contributed by atoms with van der Waals surface area (Å²) in [6.07, 6.45) is 3.55. The minimum Gasteiger partial charge on any atom is -0.478 e. The molecule has 0 aromatic carbocycles. The lowest BCUT2D eigenvalue weighted by molar-refractivity contribution is 0.0692. The molecule has 2 unspecified atom stereocenters. The third kappa shape index (κ3) is 2.37. The van der Waals surface area contributed by atoms with E-state index in [-0.39, 0.29) is 22.7 Å². The zero-order chi connectivity index (χ0) is 14.2. The Morgan fingerprint density at radius 1 is 1.42 bits per heavy atom. The van der Waals surface area contributed by atoms with E-state index in [1.807, 2.05) is 13.8 Å². The summed E-state index contributed by atoms with van der Waals surface area (Å²) in [5.41, 5.74) is -0.315. The number of nitrogens with zero attached hydrogens (tertiary/aromatic N) is 2. The van der Waals surface area contributed by atoms with E-state index in [0.717, 1.165) is 25.5 Å². The van der Waals surface area contributed by atoms with Crippen molar-refractivity contribution in [1.29, 1.82) is 0 Å². The highest BCUT2D eigenvalue weighted by atomic mass is 32.2. The highest BCUT2D eigenvalue weighted by Crippen LogP contribution is 2.29. The minimum atomic E-state index is -3.86. The molecule has 106 valence electrons. The number of H-pyrrole nitrogens is 1. The van der Waals surface area contributed by atoms with Crippen LogP contribution in [-0.2, 0) is 10.0 Å². The minimum absolute atomic E-state index is 0.140. The molecule has 1 aliphatic heterocycles. The van der Waals surface area contributed by atoms with Gasteiger partial charge in [-0.25, -0.2) is 13.2 Å². The number of piperidine rings is 1. The van der Waals surface area contributed by atoms with E-state index >= 15 is 0 Å².